The van der Waals surface area contributed by atoms with Crippen molar-refractivity contribution in [3.63, 3.8) is 0 Å². The second-order valence-electron chi connectivity index (χ2n) is 6.89. The Kier molecular flexibility index (Phi) is 3.03. The quantitative estimate of drug-likeness (QED) is 0.901. The minimum Gasteiger partial charge on any atom is -0.310 e. The molecule has 1 N–H and O–H groups in total. The molecule has 3 heteroatoms. The first-order valence-electron chi connectivity index (χ1n) is 7.85. The normalized spacial score (nSPS) is 39.7. The predicted molar refractivity (Wildman–Crippen MR) is 74.3 cm³/mol. The van der Waals surface area contributed by atoms with Crippen molar-refractivity contribution in [2.75, 3.05) is 6.54 Å². The summed E-state index contributed by atoms with van der Waals surface area (Å²) in [5.41, 5.74) is 0. The molecule has 0 aliphatic heterocycles. The molecular weight excluding hydrogens is 234 g/mol. The maximum Gasteiger partial charge on any atom is 0.141 e. The molecule has 1 aromatic heterocycles. The molecular formula is C16H23N3. The Morgan fingerprint density at radius 2 is 1.58 bits per heavy atom. The minimum atomic E-state index is 0.823. The molecule has 4 bridgehead atoms. The van der Waals surface area contributed by atoms with Crippen LogP contribution in [0.25, 0.3) is 0 Å². The van der Waals surface area contributed by atoms with Crippen LogP contribution in [0, 0.1) is 29.6 Å². The molecule has 4 aliphatic rings. The summed E-state index contributed by atoms with van der Waals surface area (Å²) >= 11 is 0. The number of rotatable bonds is 4. The van der Waals surface area contributed by atoms with Crippen LogP contribution in [0.3, 0.4) is 0 Å². The van der Waals surface area contributed by atoms with E-state index in [1.54, 1.807) is 6.42 Å². The van der Waals surface area contributed by atoms with Crippen LogP contribution in [-0.2, 0) is 6.54 Å². The highest BCUT2D eigenvalue weighted by Crippen LogP contribution is 2.56. The average Bonchev–Trinajstić information content (AvgIpc) is 2.42. The molecule has 102 valence electrons. The van der Waals surface area contributed by atoms with Gasteiger partial charge in [-0.3, -0.25) is 0 Å². The molecule has 0 spiro atoms. The van der Waals surface area contributed by atoms with Crippen molar-refractivity contribution in [3.8, 4) is 0 Å². The highest BCUT2D eigenvalue weighted by molar-refractivity contribution is 4.99. The van der Waals surface area contributed by atoms with Crippen molar-refractivity contribution in [3.05, 3.63) is 24.3 Å². The van der Waals surface area contributed by atoms with Crippen molar-refractivity contribution >= 4 is 0 Å². The summed E-state index contributed by atoms with van der Waals surface area (Å²) in [7, 11) is 0. The van der Waals surface area contributed by atoms with Gasteiger partial charge in [-0.2, -0.15) is 0 Å². The monoisotopic (exact) mass is 257 g/mol. The summed E-state index contributed by atoms with van der Waals surface area (Å²) in [5, 5.41) is 3.60. The van der Waals surface area contributed by atoms with Gasteiger partial charge in [0, 0.05) is 12.4 Å². The van der Waals surface area contributed by atoms with Crippen LogP contribution >= 0.6 is 0 Å². The number of aromatic nitrogens is 2. The van der Waals surface area contributed by atoms with Gasteiger partial charge in [0.1, 0.15) is 5.82 Å². The predicted octanol–water partition coefficient (Wildman–Crippen LogP) is 2.64. The van der Waals surface area contributed by atoms with E-state index in [9.17, 15) is 0 Å². The first kappa shape index (κ1) is 11.8. The lowest BCUT2D eigenvalue weighted by molar-refractivity contribution is -0.0356. The van der Waals surface area contributed by atoms with Crippen LogP contribution in [-0.4, -0.2) is 16.5 Å². The molecule has 4 aliphatic carbocycles. The maximum absolute atomic E-state index is 4.28. The molecule has 1 aromatic rings. The molecule has 19 heavy (non-hydrogen) atoms. The highest BCUT2D eigenvalue weighted by atomic mass is 15.0. The van der Waals surface area contributed by atoms with Crippen LogP contribution in [0.5, 0.6) is 0 Å². The lowest BCUT2D eigenvalue weighted by Gasteiger charge is -2.54. The number of nitrogens with one attached hydrogen (secondary N) is 1. The van der Waals surface area contributed by atoms with E-state index >= 15 is 0 Å². The van der Waals surface area contributed by atoms with Crippen molar-refractivity contribution < 1.29 is 0 Å². The average molecular weight is 257 g/mol. The van der Waals surface area contributed by atoms with Gasteiger partial charge in [0.15, 0.2) is 0 Å². The van der Waals surface area contributed by atoms with E-state index in [-0.39, 0.29) is 0 Å². The fourth-order valence-electron chi connectivity index (χ4n) is 5.14. The van der Waals surface area contributed by atoms with Crippen molar-refractivity contribution in [2.24, 2.45) is 29.6 Å². The summed E-state index contributed by atoms with van der Waals surface area (Å²) in [6.07, 6.45) is 11.3. The third-order valence-electron chi connectivity index (χ3n) is 5.70. The molecule has 5 rings (SSSR count). The Labute approximate surface area is 115 Å². The van der Waals surface area contributed by atoms with E-state index < -0.39 is 0 Å². The van der Waals surface area contributed by atoms with E-state index in [4.69, 9.17) is 0 Å². The molecule has 4 saturated carbocycles. The second-order valence-corrected chi connectivity index (χ2v) is 6.89. The minimum absolute atomic E-state index is 0.823. The molecule has 1 heterocycles. The van der Waals surface area contributed by atoms with Gasteiger partial charge in [0.05, 0.1) is 6.54 Å². The van der Waals surface area contributed by atoms with E-state index in [1.807, 2.05) is 18.5 Å². The van der Waals surface area contributed by atoms with Crippen LogP contribution < -0.4 is 5.32 Å². The fourth-order valence-corrected chi connectivity index (χ4v) is 5.14. The van der Waals surface area contributed by atoms with Crippen LogP contribution in [0.1, 0.15) is 37.9 Å². The van der Waals surface area contributed by atoms with Gasteiger partial charge in [-0.25, -0.2) is 9.97 Å². The fraction of sp³-hybridized carbons (Fsp3) is 0.750. The summed E-state index contributed by atoms with van der Waals surface area (Å²) in [6, 6.07) is 1.88. The van der Waals surface area contributed by atoms with E-state index in [0.717, 1.165) is 42.0 Å². The van der Waals surface area contributed by atoms with Crippen molar-refractivity contribution in [1.82, 2.24) is 15.3 Å². The maximum atomic E-state index is 4.28. The Bertz CT molecular complexity index is 403. The standard InChI is InChI=1S/C16H23N3/c1-2-18-16(19-3-1)10-17-9-15-13-5-11-4-12(7-13)8-14(15)6-11/h1-3,11-15,17H,4-10H2. The zero-order chi connectivity index (χ0) is 12.7. The van der Waals surface area contributed by atoms with Gasteiger partial charge in [-0.1, -0.05) is 0 Å². The number of nitrogens with zero attached hydrogens (tertiary/aromatic N) is 2. The van der Waals surface area contributed by atoms with Gasteiger partial charge in [-0.15, -0.1) is 0 Å². The lowest BCUT2D eigenvalue weighted by atomic mass is 9.52. The molecule has 4 fully saturated rings. The number of hydrogen-bond acceptors (Lipinski definition) is 3. The molecule has 0 unspecified atom stereocenters. The molecule has 3 nitrogen and oxygen atoms in total. The smallest absolute Gasteiger partial charge is 0.141 e. The topological polar surface area (TPSA) is 37.8 Å². The Morgan fingerprint density at radius 1 is 0.947 bits per heavy atom. The van der Waals surface area contributed by atoms with Crippen LogP contribution in [0.4, 0.5) is 0 Å². The molecule has 0 aromatic carbocycles. The Hall–Kier alpha value is -0.960. The van der Waals surface area contributed by atoms with Gasteiger partial charge in [-0.05, 0) is 74.3 Å². The number of hydrogen-bond donors (Lipinski definition) is 1. The molecule has 0 amide bonds. The third-order valence-corrected chi connectivity index (χ3v) is 5.70. The summed E-state index contributed by atoms with van der Waals surface area (Å²) < 4.78 is 0. The van der Waals surface area contributed by atoms with Crippen molar-refractivity contribution in [2.45, 2.75) is 38.6 Å². The zero-order valence-electron chi connectivity index (χ0n) is 11.5. The largest absolute Gasteiger partial charge is 0.310 e. The summed E-state index contributed by atoms with van der Waals surface area (Å²) in [5.74, 6) is 6.04. The Balaban J connectivity index is 1.34. The summed E-state index contributed by atoms with van der Waals surface area (Å²) in [4.78, 5) is 8.56. The van der Waals surface area contributed by atoms with Gasteiger partial charge < -0.3 is 5.32 Å². The molecule has 0 saturated heterocycles. The van der Waals surface area contributed by atoms with E-state index in [2.05, 4.69) is 15.3 Å². The first-order valence-corrected chi connectivity index (χ1v) is 7.85. The van der Waals surface area contributed by atoms with Crippen LogP contribution in [0.15, 0.2) is 18.5 Å². The van der Waals surface area contributed by atoms with Gasteiger partial charge >= 0.3 is 0 Å². The third kappa shape index (κ3) is 2.29. The highest BCUT2D eigenvalue weighted by Gasteiger charge is 2.47. The zero-order valence-corrected chi connectivity index (χ0v) is 11.5. The molecule has 0 atom stereocenters. The van der Waals surface area contributed by atoms with E-state index in [0.29, 0.717) is 0 Å². The SMILES string of the molecule is c1cnc(CNCC2C3CC4CC(C3)CC2C4)nc1. The van der Waals surface area contributed by atoms with Gasteiger partial charge in [0.2, 0.25) is 0 Å². The van der Waals surface area contributed by atoms with Crippen molar-refractivity contribution in [1.29, 1.82) is 0 Å². The van der Waals surface area contributed by atoms with Crippen LogP contribution in [0.2, 0.25) is 0 Å². The molecule has 0 radical (unpaired) electrons. The lowest BCUT2D eigenvalue weighted by Crippen LogP contribution is -2.48. The second kappa shape index (κ2) is 4.86. The summed E-state index contributed by atoms with van der Waals surface area (Å²) in [6.45, 7) is 2.00. The van der Waals surface area contributed by atoms with Gasteiger partial charge in [0.25, 0.3) is 0 Å². The first-order chi connectivity index (χ1) is 9.38. The van der Waals surface area contributed by atoms with E-state index in [1.165, 1.54) is 32.2 Å². The Morgan fingerprint density at radius 3 is 2.21 bits per heavy atom.